The molecule has 0 bridgehead atoms. The normalized spacial score (nSPS) is 12.2. The van der Waals surface area contributed by atoms with Crippen LogP contribution in [-0.2, 0) is 6.42 Å². The van der Waals surface area contributed by atoms with E-state index in [0.717, 1.165) is 12.1 Å². The van der Waals surface area contributed by atoms with Gasteiger partial charge in [-0.15, -0.1) is 0 Å². The maximum atomic E-state index is 5.16. The second kappa shape index (κ2) is 6.48. The average Bonchev–Trinajstić information content (AvgIpc) is 2.48. The molecule has 1 N–H and O–H groups in total. The summed E-state index contributed by atoms with van der Waals surface area (Å²) in [5, 5.41) is 3.31. The maximum absolute atomic E-state index is 5.16. The number of nitrogens with zero attached hydrogens (tertiary/aromatic N) is 2. The van der Waals surface area contributed by atoms with Crippen LogP contribution in [0, 0.1) is 13.8 Å². The largest absolute Gasteiger partial charge is 0.481 e. The zero-order valence-corrected chi connectivity index (χ0v) is 12.5. The van der Waals surface area contributed by atoms with E-state index in [0.29, 0.717) is 5.88 Å². The third kappa shape index (κ3) is 3.33. The second-order valence-corrected chi connectivity index (χ2v) is 4.95. The minimum Gasteiger partial charge on any atom is -0.481 e. The molecule has 4 heteroatoms. The van der Waals surface area contributed by atoms with Gasteiger partial charge in [0.2, 0.25) is 5.88 Å². The van der Waals surface area contributed by atoms with Crippen molar-refractivity contribution in [3.8, 4) is 5.88 Å². The van der Waals surface area contributed by atoms with Gasteiger partial charge >= 0.3 is 0 Å². The van der Waals surface area contributed by atoms with Crippen LogP contribution in [0.25, 0.3) is 0 Å². The van der Waals surface area contributed by atoms with Gasteiger partial charge in [0, 0.05) is 6.07 Å². The van der Waals surface area contributed by atoms with E-state index in [9.17, 15) is 0 Å². The van der Waals surface area contributed by atoms with Crippen LogP contribution < -0.4 is 10.1 Å². The predicted molar refractivity (Wildman–Crippen MR) is 80.0 cm³/mol. The van der Waals surface area contributed by atoms with Gasteiger partial charge in [0.1, 0.15) is 6.33 Å². The van der Waals surface area contributed by atoms with Gasteiger partial charge in [0.25, 0.3) is 0 Å². The molecule has 0 radical (unpaired) electrons. The van der Waals surface area contributed by atoms with Crippen LogP contribution in [-0.4, -0.2) is 24.1 Å². The van der Waals surface area contributed by atoms with Gasteiger partial charge in [0.05, 0.1) is 18.8 Å². The fourth-order valence-corrected chi connectivity index (χ4v) is 2.18. The molecule has 1 aromatic heterocycles. The lowest BCUT2D eigenvalue weighted by Crippen LogP contribution is -2.20. The molecular weight excluding hydrogens is 250 g/mol. The van der Waals surface area contributed by atoms with E-state index in [-0.39, 0.29) is 6.04 Å². The third-order valence-electron chi connectivity index (χ3n) is 3.59. The van der Waals surface area contributed by atoms with Crippen LogP contribution >= 0.6 is 0 Å². The summed E-state index contributed by atoms with van der Waals surface area (Å²) in [5.41, 5.74) is 4.87. The lowest BCUT2D eigenvalue weighted by Gasteiger charge is -2.16. The van der Waals surface area contributed by atoms with Crippen molar-refractivity contribution in [1.29, 1.82) is 0 Å². The van der Waals surface area contributed by atoms with Crippen LogP contribution in [0.2, 0.25) is 0 Å². The topological polar surface area (TPSA) is 47.0 Å². The maximum Gasteiger partial charge on any atom is 0.216 e. The summed E-state index contributed by atoms with van der Waals surface area (Å²) in [6, 6.07) is 8.59. The molecule has 0 amide bonds. The van der Waals surface area contributed by atoms with Crippen molar-refractivity contribution < 1.29 is 4.74 Å². The molecule has 4 nitrogen and oxygen atoms in total. The smallest absolute Gasteiger partial charge is 0.216 e. The molecule has 2 rings (SSSR count). The minimum absolute atomic E-state index is 0.147. The van der Waals surface area contributed by atoms with Crippen molar-refractivity contribution in [2.45, 2.75) is 26.3 Å². The fraction of sp³-hybridized carbons (Fsp3) is 0.375. The van der Waals surface area contributed by atoms with Gasteiger partial charge in [-0.05, 0) is 44.0 Å². The van der Waals surface area contributed by atoms with Crippen LogP contribution in [0.4, 0.5) is 0 Å². The number of benzene rings is 1. The fourth-order valence-electron chi connectivity index (χ4n) is 2.18. The molecule has 0 saturated heterocycles. The summed E-state index contributed by atoms with van der Waals surface area (Å²) >= 11 is 0. The highest BCUT2D eigenvalue weighted by Crippen LogP contribution is 2.20. The predicted octanol–water partition coefficient (Wildman–Crippen LogP) is 2.61. The molecule has 1 atom stereocenters. The Balaban J connectivity index is 2.21. The summed E-state index contributed by atoms with van der Waals surface area (Å²) in [7, 11) is 3.56. The Bertz CT molecular complexity index is 584. The van der Waals surface area contributed by atoms with Crippen LogP contribution in [0.1, 0.15) is 28.4 Å². The molecule has 0 fully saturated rings. The summed E-state index contributed by atoms with van der Waals surface area (Å²) in [5.74, 6) is 0.593. The highest BCUT2D eigenvalue weighted by atomic mass is 16.5. The van der Waals surface area contributed by atoms with Gasteiger partial charge in [-0.3, -0.25) is 0 Å². The summed E-state index contributed by atoms with van der Waals surface area (Å²) in [6.45, 7) is 4.27. The van der Waals surface area contributed by atoms with E-state index in [1.165, 1.54) is 16.7 Å². The van der Waals surface area contributed by atoms with E-state index in [2.05, 4.69) is 47.3 Å². The second-order valence-electron chi connectivity index (χ2n) is 4.95. The van der Waals surface area contributed by atoms with Crippen molar-refractivity contribution in [3.05, 3.63) is 53.0 Å². The van der Waals surface area contributed by atoms with Crippen LogP contribution in [0.5, 0.6) is 5.88 Å². The Morgan fingerprint density at radius 2 is 1.95 bits per heavy atom. The average molecular weight is 271 g/mol. The van der Waals surface area contributed by atoms with Gasteiger partial charge in [-0.25, -0.2) is 9.97 Å². The number of aromatic nitrogens is 2. The number of rotatable bonds is 5. The lowest BCUT2D eigenvalue weighted by molar-refractivity contribution is 0.394. The van der Waals surface area contributed by atoms with E-state index in [4.69, 9.17) is 4.74 Å². The molecule has 0 aliphatic heterocycles. The number of nitrogens with one attached hydrogen (secondary N) is 1. The highest BCUT2D eigenvalue weighted by Gasteiger charge is 2.13. The van der Waals surface area contributed by atoms with Crippen LogP contribution in [0.15, 0.2) is 30.6 Å². The first-order valence-corrected chi connectivity index (χ1v) is 6.73. The van der Waals surface area contributed by atoms with Crippen molar-refractivity contribution in [2.24, 2.45) is 0 Å². The summed E-state index contributed by atoms with van der Waals surface area (Å²) in [6.07, 6.45) is 2.43. The quantitative estimate of drug-likeness (QED) is 0.908. The third-order valence-corrected chi connectivity index (χ3v) is 3.59. The Labute approximate surface area is 120 Å². The Hall–Kier alpha value is -1.94. The molecular formula is C16H21N3O. The van der Waals surface area contributed by atoms with Crippen molar-refractivity contribution >= 4 is 0 Å². The highest BCUT2D eigenvalue weighted by molar-refractivity contribution is 5.31. The molecule has 1 heterocycles. The van der Waals surface area contributed by atoms with Gasteiger partial charge < -0.3 is 10.1 Å². The van der Waals surface area contributed by atoms with E-state index in [1.807, 2.05) is 13.1 Å². The number of aryl methyl sites for hydroxylation is 2. The molecule has 1 aromatic carbocycles. The first-order valence-electron chi connectivity index (χ1n) is 6.73. The number of hydrogen-bond donors (Lipinski definition) is 1. The summed E-state index contributed by atoms with van der Waals surface area (Å²) in [4.78, 5) is 8.39. The van der Waals surface area contributed by atoms with E-state index in [1.54, 1.807) is 13.4 Å². The molecule has 2 aromatic rings. The molecule has 20 heavy (non-hydrogen) atoms. The zero-order valence-electron chi connectivity index (χ0n) is 12.5. The Kier molecular flexibility index (Phi) is 4.69. The van der Waals surface area contributed by atoms with E-state index >= 15 is 0 Å². The molecule has 0 aliphatic rings. The lowest BCUT2D eigenvalue weighted by atomic mass is 9.99. The van der Waals surface area contributed by atoms with Crippen molar-refractivity contribution in [1.82, 2.24) is 15.3 Å². The van der Waals surface area contributed by atoms with E-state index < -0.39 is 0 Å². The number of likely N-dealkylation sites (N-methyl/N-ethyl adjacent to an activating group) is 1. The number of ether oxygens (including phenoxy) is 1. The minimum atomic E-state index is 0.147. The number of hydrogen-bond acceptors (Lipinski definition) is 4. The standard InChI is InChI=1S/C16H21N3O/c1-11-5-6-13(7-12(11)2)8-14(17-3)15-9-16(20-4)19-10-18-15/h5-7,9-10,14,17H,8H2,1-4H3. The monoisotopic (exact) mass is 271 g/mol. The molecule has 0 spiro atoms. The SMILES string of the molecule is CNC(Cc1ccc(C)c(C)c1)c1cc(OC)ncn1. The zero-order chi connectivity index (χ0) is 14.5. The Morgan fingerprint density at radius 3 is 2.60 bits per heavy atom. The summed E-state index contributed by atoms with van der Waals surface area (Å²) < 4.78 is 5.16. The first-order chi connectivity index (χ1) is 9.63. The van der Waals surface area contributed by atoms with Crippen molar-refractivity contribution in [2.75, 3.05) is 14.2 Å². The molecule has 0 aliphatic carbocycles. The number of methoxy groups -OCH3 is 1. The van der Waals surface area contributed by atoms with Crippen LogP contribution in [0.3, 0.4) is 0 Å². The van der Waals surface area contributed by atoms with Gasteiger partial charge in [-0.2, -0.15) is 0 Å². The first kappa shape index (κ1) is 14.5. The van der Waals surface area contributed by atoms with Gasteiger partial charge in [-0.1, -0.05) is 18.2 Å². The van der Waals surface area contributed by atoms with Gasteiger partial charge in [0.15, 0.2) is 0 Å². The molecule has 0 saturated carbocycles. The van der Waals surface area contributed by atoms with Crippen molar-refractivity contribution in [3.63, 3.8) is 0 Å². The molecule has 106 valence electrons. The Morgan fingerprint density at radius 1 is 1.15 bits per heavy atom. The molecule has 1 unspecified atom stereocenters.